The minimum atomic E-state index is -0.509. The summed E-state index contributed by atoms with van der Waals surface area (Å²) < 4.78 is 15.5. The van der Waals surface area contributed by atoms with E-state index in [9.17, 15) is 0 Å². The number of halogens is 1. The summed E-state index contributed by atoms with van der Waals surface area (Å²) in [6, 6.07) is 0. The Labute approximate surface area is 187 Å². The number of fused-ring (bicyclic) bond motifs is 3. The maximum absolute atomic E-state index is 15.5. The molecule has 5 fully saturated rings. The van der Waals surface area contributed by atoms with Gasteiger partial charge in [0.2, 0.25) is 0 Å². The van der Waals surface area contributed by atoms with Crippen LogP contribution in [0.3, 0.4) is 0 Å². The second-order valence-electron chi connectivity index (χ2n) is 12.4. The highest BCUT2D eigenvalue weighted by Gasteiger charge is 2.51. The summed E-state index contributed by atoms with van der Waals surface area (Å²) >= 11 is 0. The van der Waals surface area contributed by atoms with Crippen molar-refractivity contribution in [1.82, 2.24) is 0 Å². The first-order chi connectivity index (χ1) is 14.6. The molecule has 0 aromatic heterocycles. The molecule has 0 saturated heterocycles. The fourth-order valence-electron chi connectivity index (χ4n) is 8.33. The molecular formula is C29H51F. The van der Waals surface area contributed by atoms with Crippen LogP contribution >= 0.6 is 0 Å². The van der Waals surface area contributed by atoms with E-state index in [1.54, 1.807) is 0 Å². The van der Waals surface area contributed by atoms with Crippen LogP contribution in [0.5, 0.6) is 0 Å². The molecule has 0 aromatic carbocycles. The number of hydrogen-bond donors (Lipinski definition) is 0. The first-order valence-corrected chi connectivity index (χ1v) is 14.3. The molecule has 0 aliphatic heterocycles. The molecule has 1 heteroatoms. The Bertz CT molecular complexity index is 472. The number of unbranched alkanes of at least 4 members (excludes halogenated alkanes) is 2. The minimum absolute atomic E-state index is 0.0884. The van der Waals surface area contributed by atoms with Crippen molar-refractivity contribution in [2.75, 3.05) is 0 Å². The van der Waals surface area contributed by atoms with Gasteiger partial charge < -0.3 is 0 Å². The molecule has 0 nitrogen and oxygen atoms in total. The lowest BCUT2D eigenvalue weighted by Gasteiger charge is -2.55. The molecule has 0 heterocycles. The first kappa shape index (κ1) is 23.1. The molecule has 5 saturated carbocycles. The summed E-state index contributed by atoms with van der Waals surface area (Å²) in [5.41, 5.74) is 0.707. The Kier molecular flexibility index (Phi) is 8.24. The Morgan fingerprint density at radius 1 is 0.733 bits per heavy atom. The summed E-state index contributed by atoms with van der Waals surface area (Å²) in [4.78, 5) is 0. The van der Waals surface area contributed by atoms with Gasteiger partial charge in [-0.2, -0.15) is 0 Å². The molecular weight excluding hydrogens is 367 g/mol. The van der Waals surface area contributed by atoms with E-state index in [1.807, 2.05) is 0 Å². The lowest BCUT2D eigenvalue weighted by molar-refractivity contribution is -0.0656. The zero-order valence-electron chi connectivity index (χ0n) is 20.2. The van der Waals surface area contributed by atoms with Gasteiger partial charge in [-0.05, 0) is 87.4 Å². The lowest BCUT2D eigenvalue weighted by Crippen LogP contribution is -2.46. The monoisotopic (exact) mass is 418 g/mol. The molecule has 174 valence electrons. The van der Waals surface area contributed by atoms with Crippen LogP contribution in [0.2, 0.25) is 0 Å². The average molecular weight is 419 g/mol. The van der Waals surface area contributed by atoms with Crippen molar-refractivity contribution in [2.45, 2.75) is 154 Å². The molecule has 0 N–H and O–H groups in total. The molecule has 0 radical (unpaired) electrons. The molecule has 2 bridgehead atoms. The van der Waals surface area contributed by atoms with Crippen molar-refractivity contribution < 1.29 is 4.39 Å². The van der Waals surface area contributed by atoms with Crippen LogP contribution < -0.4 is 0 Å². The molecule has 30 heavy (non-hydrogen) atoms. The number of rotatable bonds is 10. The van der Waals surface area contributed by atoms with E-state index in [0.29, 0.717) is 5.41 Å². The maximum atomic E-state index is 15.5. The van der Waals surface area contributed by atoms with Gasteiger partial charge in [0.15, 0.2) is 0 Å². The Morgan fingerprint density at radius 2 is 1.37 bits per heavy atom. The SMILES string of the molecule is CCCCCC12CCC(C(F)CCCC3CCC(C4CCCCC4)CC3)(CC1)CC2. The third-order valence-electron chi connectivity index (χ3n) is 10.7. The van der Waals surface area contributed by atoms with Crippen molar-refractivity contribution in [3.63, 3.8) is 0 Å². The van der Waals surface area contributed by atoms with Crippen LogP contribution in [0.1, 0.15) is 148 Å². The molecule has 0 aromatic rings. The van der Waals surface area contributed by atoms with Gasteiger partial charge >= 0.3 is 0 Å². The van der Waals surface area contributed by atoms with Crippen molar-refractivity contribution in [3.05, 3.63) is 0 Å². The standard InChI is InChI=1S/C29H51F/c1-2-3-7-17-28-18-21-29(22-19-28,23-20-28)27(30)12-8-9-24-13-15-26(16-14-24)25-10-5-4-6-11-25/h24-27H,2-23H2,1H3. The predicted molar refractivity (Wildman–Crippen MR) is 127 cm³/mol. The smallest absolute Gasteiger partial charge is 0.106 e. The quantitative estimate of drug-likeness (QED) is 0.310. The topological polar surface area (TPSA) is 0 Å². The largest absolute Gasteiger partial charge is 0.247 e. The lowest BCUT2D eigenvalue weighted by atomic mass is 9.51. The van der Waals surface area contributed by atoms with E-state index in [-0.39, 0.29) is 5.41 Å². The highest BCUT2D eigenvalue weighted by atomic mass is 19.1. The van der Waals surface area contributed by atoms with E-state index in [0.717, 1.165) is 30.6 Å². The Balaban J connectivity index is 1.14. The van der Waals surface area contributed by atoms with Gasteiger partial charge in [0.05, 0.1) is 0 Å². The van der Waals surface area contributed by atoms with Gasteiger partial charge in [0, 0.05) is 5.41 Å². The summed E-state index contributed by atoms with van der Waals surface area (Å²) in [5, 5.41) is 0. The molecule has 5 aliphatic rings. The summed E-state index contributed by atoms with van der Waals surface area (Å²) in [7, 11) is 0. The number of hydrogen-bond acceptors (Lipinski definition) is 0. The van der Waals surface area contributed by atoms with Crippen LogP contribution in [0, 0.1) is 28.6 Å². The van der Waals surface area contributed by atoms with Gasteiger partial charge in [-0.15, -0.1) is 0 Å². The van der Waals surface area contributed by atoms with Gasteiger partial charge in [0.25, 0.3) is 0 Å². The van der Waals surface area contributed by atoms with E-state index < -0.39 is 6.17 Å². The average Bonchev–Trinajstić information content (AvgIpc) is 2.81. The molecule has 1 unspecified atom stereocenters. The fourth-order valence-corrected chi connectivity index (χ4v) is 8.33. The Hall–Kier alpha value is -0.0700. The van der Waals surface area contributed by atoms with Crippen molar-refractivity contribution >= 4 is 0 Å². The molecule has 5 rings (SSSR count). The second kappa shape index (κ2) is 10.7. The predicted octanol–water partition coefficient (Wildman–Crippen LogP) is 9.80. The summed E-state index contributed by atoms with van der Waals surface area (Å²) in [6.45, 7) is 2.31. The van der Waals surface area contributed by atoms with Crippen LogP contribution in [-0.4, -0.2) is 6.17 Å². The third-order valence-corrected chi connectivity index (χ3v) is 10.7. The molecule has 1 atom stereocenters. The van der Waals surface area contributed by atoms with E-state index >= 15 is 4.39 Å². The van der Waals surface area contributed by atoms with Gasteiger partial charge in [-0.1, -0.05) is 84.0 Å². The first-order valence-electron chi connectivity index (χ1n) is 14.3. The van der Waals surface area contributed by atoms with Crippen LogP contribution in [-0.2, 0) is 0 Å². The van der Waals surface area contributed by atoms with E-state index in [4.69, 9.17) is 0 Å². The second-order valence-corrected chi connectivity index (χ2v) is 12.4. The molecule has 0 amide bonds. The van der Waals surface area contributed by atoms with Gasteiger partial charge in [0.1, 0.15) is 6.17 Å². The van der Waals surface area contributed by atoms with Gasteiger partial charge in [-0.3, -0.25) is 0 Å². The normalized spacial score (nSPS) is 38.6. The van der Waals surface area contributed by atoms with Crippen LogP contribution in [0.4, 0.5) is 4.39 Å². The minimum Gasteiger partial charge on any atom is -0.247 e. The van der Waals surface area contributed by atoms with Crippen molar-refractivity contribution in [1.29, 1.82) is 0 Å². The van der Waals surface area contributed by atoms with Gasteiger partial charge in [-0.25, -0.2) is 4.39 Å². The maximum Gasteiger partial charge on any atom is 0.106 e. The van der Waals surface area contributed by atoms with Crippen LogP contribution in [0.25, 0.3) is 0 Å². The highest BCUT2D eigenvalue weighted by molar-refractivity contribution is 5.02. The molecule has 5 aliphatic carbocycles. The summed E-state index contributed by atoms with van der Waals surface area (Å²) in [5.74, 6) is 3.01. The zero-order chi connectivity index (χ0) is 20.9. The molecule has 0 spiro atoms. The fraction of sp³-hybridized carbons (Fsp3) is 1.00. The van der Waals surface area contributed by atoms with Crippen molar-refractivity contribution in [3.8, 4) is 0 Å². The van der Waals surface area contributed by atoms with E-state index in [2.05, 4.69) is 6.92 Å². The Morgan fingerprint density at radius 3 is 2.00 bits per heavy atom. The van der Waals surface area contributed by atoms with Crippen molar-refractivity contribution in [2.24, 2.45) is 28.6 Å². The third kappa shape index (κ3) is 5.46. The zero-order valence-corrected chi connectivity index (χ0v) is 20.2. The summed E-state index contributed by atoms with van der Waals surface area (Å²) in [6.07, 6.45) is 29.4. The highest BCUT2D eigenvalue weighted by Crippen LogP contribution is 2.61. The van der Waals surface area contributed by atoms with Crippen LogP contribution in [0.15, 0.2) is 0 Å². The number of alkyl halides is 1. The van der Waals surface area contributed by atoms with E-state index in [1.165, 1.54) is 128 Å².